The topological polar surface area (TPSA) is 209 Å². The Morgan fingerprint density at radius 3 is 2.53 bits per heavy atom. The zero-order valence-electron chi connectivity index (χ0n) is 20.0. The fraction of sp³-hybridized carbons (Fsp3) is 0.333. The van der Waals surface area contributed by atoms with Crippen molar-refractivity contribution in [3.8, 4) is 17.1 Å². The van der Waals surface area contributed by atoms with Gasteiger partial charge in [0.2, 0.25) is 0 Å². The molecule has 15 heteroatoms. The summed E-state index contributed by atoms with van der Waals surface area (Å²) < 4.78 is 7.08. The maximum absolute atomic E-state index is 12.5. The summed E-state index contributed by atoms with van der Waals surface area (Å²) in [5, 5.41) is 49.0. The summed E-state index contributed by atoms with van der Waals surface area (Å²) in [6.07, 6.45) is -1.97. The highest BCUT2D eigenvalue weighted by molar-refractivity contribution is 5.99. The fourth-order valence-electron chi connectivity index (χ4n) is 3.02. The highest BCUT2D eigenvalue weighted by atomic mass is 16.7. The molecule has 3 amide bonds. The number of ether oxygens (including phenoxy) is 1. The molecule has 0 aliphatic rings. The minimum Gasteiger partial charge on any atom is -0.494 e. The third-order valence-corrected chi connectivity index (χ3v) is 4.53. The van der Waals surface area contributed by atoms with Crippen LogP contribution in [0.3, 0.4) is 0 Å². The van der Waals surface area contributed by atoms with E-state index in [9.17, 15) is 9.59 Å². The van der Waals surface area contributed by atoms with E-state index >= 15 is 0 Å². The lowest BCUT2D eigenvalue weighted by molar-refractivity contribution is -0.323. The van der Waals surface area contributed by atoms with Crippen molar-refractivity contribution in [1.29, 1.82) is 0 Å². The average molecular weight is 502 g/mol. The van der Waals surface area contributed by atoms with Crippen LogP contribution in [0, 0.1) is 5.92 Å². The van der Waals surface area contributed by atoms with Crippen molar-refractivity contribution in [2.75, 3.05) is 24.3 Å². The summed E-state index contributed by atoms with van der Waals surface area (Å²) in [5.74, 6) is -0.250. The van der Waals surface area contributed by atoms with Crippen LogP contribution in [0.2, 0.25) is 0 Å². The Morgan fingerprint density at radius 1 is 1.17 bits per heavy atom. The summed E-state index contributed by atoms with van der Waals surface area (Å²) >= 11 is 0. The zero-order chi connectivity index (χ0) is 26.5. The number of methoxy groups -OCH3 is 1. The molecule has 0 saturated carbocycles. The van der Waals surface area contributed by atoms with Gasteiger partial charge in [0.25, 0.3) is 5.91 Å². The number of rotatable bonds is 9. The molecule has 3 aromatic rings. The number of benzene rings is 1. The van der Waals surface area contributed by atoms with Crippen LogP contribution in [0.25, 0.3) is 11.4 Å². The molecule has 0 fully saturated rings. The van der Waals surface area contributed by atoms with Gasteiger partial charge in [-0.05, 0) is 18.1 Å². The SMILES string of the molecule is COc1c(Nc2cc(NC(=O)NCC(C)C)nnc2C(=O)NC(O)(O)O)cccc1-c1ncn(C)n1. The molecule has 3 rings (SSSR count). The van der Waals surface area contributed by atoms with Crippen molar-refractivity contribution >= 4 is 29.1 Å². The standard InChI is InChI=1S/C21H27N9O6/c1-11(2)9-22-20(32)25-15-8-14(16(28-27-15)19(31)26-21(33,34)35)24-13-7-5-6-12(17(13)36-4)18-23-10-30(3)29-18/h5-8,10-11,33-35H,9H2,1-4H3,(H,26,31)(H3,22,24,25,27,32). The smallest absolute Gasteiger partial charge is 0.369 e. The van der Waals surface area contributed by atoms with Crippen molar-refractivity contribution in [2.24, 2.45) is 13.0 Å². The lowest BCUT2D eigenvalue weighted by Crippen LogP contribution is -2.48. The molecule has 0 aliphatic heterocycles. The van der Waals surface area contributed by atoms with Crippen molar-refractivity contribution in [1.82, 2.24) is 35.6 Å². The van der Waals surface area contributed by atoms with Gasteiger partial charge in [-0.15, -0.1) is 10.2 Å². The first-order chi connectivity index (χ1) is 17.0. The van der Waals surface area contributed by atoms with E-state index in [0.29, 0.717) is 29.4 Å². The van der Waals surface area contributed by atoms with E-state index in [-0.39, 0.29) is 17.4 Å². The highest BCUT2D eigenvalue weighted by Crippen LogP contribution is 2.37. The number of urea groups is 1. The quantitative estimate of drug-likeness (QED) is 0.196. The maximum atomic E-state index is 12.5. The number of nitrogens with zero attached hydrogens (tertiary/aromatic N) is 5. The van der Waals surface area contributed by atoms with Crippen LogP contribution >= 0.6 is 0 Å². The highest BCUT2D eigenvalue weighted by Gasteiger charge is 2.26. The lowest BCUT2D eigenvalue weighted by Gasteiger charge is -2.18. The second kappa shape index (κ2) is 10.9. The van der Waals surface area contributed by atoms with Crippen LogP contribution in [-0.2, 0) is 7.05 Å². The van der Waals surface area contributed by atoms with Gasteiger partial charge in [0, 0.05) is 19.7 Å². The number of anilines is 3. The second-order valence-corrected chi connectivity index (χ2v) is 8.06. The van der Waals surface area contributed by atoms with Gasteiger partial charge in [-0.2, -0.15) is 5.10 Å². The summed E-state index contributed by atoms with van der Waals surface area (Å²) in [6, 6.07) is 5.84. The number of amides is 3. The van der Waals surface area contributed by atoms with Gasteiger partial charge in [-0.1, -0.05) is 19.9 Å². The maximum Gasteiger partial charge on any atom is 0.369 e. The first kappa shape index (κ1) is 26.3. The van der Waals surface area contributed by atoms with Crippen LogP contribution in [-0.4, -0.2) is 72.0 Å². The normalized spacial score (nSPS) is 11.2. The van der Waals surface area contributed by atoms with Gasteiger partial charge >= 0.3 is 12.1 Å². The molecule has 0 bridgehead atoms. The molecule has 2 heterocycles. The molecule has 0 atom stereocenters. The molecule has 0 spiro atoms. The van der Waals surface area contributed by atoms with Crippen LogP contribution < -0.4 is 26.0 Å². The Balaban J connectivity index is 2.00. The molecule has 36 heavy (non-hydrogen) atoms. The minimum absolute atomic E-state index is 0.00432. The lowest BCUT2D eigenvalue weighted by atomic mass is 10.1. The summed E-state index contributed by atoms with van der Waals surface area (Å²) in [6.45, 7) is 4.28. The average Bonchev–Trinajstić information content (AvgIpc) is 3.22. The van der Waals surface area contributed by atoms with E-state index in [1.165, 1.54) is 24.2 Å². The van der Waals surface area contributed by atoms with Crippen molar-refractivity contribution in [3.05, 3.63) is 36.3 Å². The molecule has 0 saturated heterocycles. The molecule has 0 unspecified atom stereocenters. The van der Waals surface area contributed by atoms with Crippen LogP contribution in [0.4, 0.5) is 22.0 Å². The monoisotopic (exact) mass is 501 g/mol. The Kier molecular flexibility index (Phi) is 7.98. The minimum atomic E-state index is -3.49. The molecule has 15 nitrogen and oxygen atoms in total. The molecule has 1 aromatic carbocycles. The number of hydrogen-bond acceptors (Lipinski definition) is 11. The van der Waals surface area contributed by atoms with E-state index in [1.54, 1.807) is 30.6 Å². The number of aliphatic hydroxyl groups is 3. The van der Waals surface area contributed by atoms with Gasteiger partial charge in [0.1, 0.15) is 6.33 Å². The Hall–Kier alpha value is -4.34. The van der Waals surface area contributed by atoms with E-state index in [1.807, 2.05) is 13.8 Å². The predicted octanol–water partition coefficient (Wildman–Crippen LogP) is 0.120. The number of hydrogen-bond donors (Lipinski definition) is 7. The number of aromatic nitrogens is 5. The number of para-hydroxylation sites is 1. The number of carbonyl (C=O) groups excluding carboxylic acids is 2. The molecular weight excluding hydrogens is 474 g/mol. The van der Waals surface area contributed by atoms with Gasteiger partial charge in [0.05, 0.1) is 24.0 Å². The Labute approximate surface area is 205 Å². The van der Waals surface area contributed by atoms with E-state index in [0.717, 1.165) is 0 Å². The number of carbonyl (C=O) groups is 2. The zero-order valence-corrected chi connectivity index (χ0v) is 20.0. The van der Waals surface area contributed by atoms with Gasteiger partial charge in [-0.25, -0.2) is 9.78 Å². The first-order valence-corrected chi connectivity index (χ1v) is 10.7. The van der Waals surface area contributed by atoms with Crippen LogP contribution in [0.1, 0.15) is 24.3 Å². The molecule has 7 N–H and O–H groups in total. The van der Waals surface area contributed by atoms with E-state index in [4.69, 9.17) is 20.1 Å². The molecular formula is C21H27N9O6. The van der Waals surface area contributed by atoms with E-state index < -0.39 is 23.7 Å². The number of nitrogens with one attached hydrogen (secondary N) is 4. The van der Waals surface area contributed by atoms with Gasteiger partial charge in [0.15, 0.2) is 23.1 Å². The summed E-state index contributed by atoms with van der Waals surface area (Å²) in [4.78, 5) is 28.9. The third kappa shape index (κ3) is 6.84. The van der Waals surface area contributed by atoms with Gasteiger partial charge in [-0.3, -0.25) is 20.1 Å². The van der Waals surface area contributed by atoms with Crippen molar-refractivity contribution < 1.29 is 29.6 Å². The predicted molar refractivity (Wildman–Crippen MR) is 127 cm³/mol. The fourth-order valence-corrected chi connectivity index (χ4v) is 3.02. The second-order valence-electron chi connectivity index (χ2n) is 8.06. The molecule has 0 aliphatic carbocycles. The van der Waals surface area contributed by atoms with Crippen molar-refractivity contribution in [3.63, 3.8) is 0 Å². The molecule has 192 valence electrons. The van der Waals surface area contributed by atoms with Crippen LogP contribution in [0.5, 0.6) is 5.75 Å². The van der Waals surface area contributed by atoms with Crippen LogP contribution in [0.15, 0.2) is 30.6 Å². The third-order valence-electron chi connectivity index (χ3n) is 4.53. The Morgan fingerprint density at radius 2 is 1.92 bits per heavy atom. The Bertz CT molecular complexity index is 1240. The largest absolute Gasteiger partial charge is 0.494 e. The summed E-state index contributed by atoms with van der Waals surface area (Å²) in [5.41, 5.74) is 0.481. The number of aryl methyl sites for hydroxylation is 1. The van der Waals surface area contributed by atoms with E-state index in [2.05, 4.69) is 36.2 Å². The summed E-state index contributed by atoms with van der Waals surface area (Å²) in [7, 11) is 3.16. The molecule has 2 aromatic heterocycles. The van der Waals surface area contributed by atoms with Gasteiger partial charge < -0.3 is 30.7 Å². The molecule has 0 radical (unpaired) electrons. The van der Waals surface area contributed by atoms with Crippen molar-refractivity contribution in [2.45, 2.75) is 19.9 Å². The first-order valence-electron chi connectivity index (χ1n) is 10.7.